The largest absolute Gasteiger partial charge is 0.530 e. The van der Waals surface area contributed by atoms with Crippen molar-refractivity contribution in [1.82, 2.24) is 10.2 Å². The van der Waals surface area contributed by atoms with E-state index in [-0.39, 0.29) is 0 Å². The molecule has 5 heteroatoms. The Hall–Kier alpha value is -1.26. The molecule has 0 spiro atoms. The van der Waals surface area contributed by atoms with Crippen molar-refractivity contribution in [3.05, 3.63) is 0 Å². The first-order valence-electron chi connectivity index (χ1n) is 2.23. The summed E-state index contributed by atoms with van der Waals surface area (Å²) in [6.07, 6.45) is -1.59. The highest BCUT2D eigenvalue weighted by Gasteiger charge is 1.99. The van der Waals surface area contributed by atoms with Crippen LogP contribution in [0.2, 0.25) is 0 Å². The molecule has 52 valence electrons. The average Bonchev–Trinajstić information content (AvgIpc) is 1.63. The van der Waals surface area contributed by atoms with Gasteiger partial charge < -0.3 is 14.8 Å². The Kier molecular flexibility index (Phi) is 2.50. The van der Waals surface area contributed by atoms with Crippen molar-refractivity contribution < 1.29 is 14.7 Å². The lowest BCUT2D eigenvalue weighted by Crippen LogP contribution is -2.45. The molecule has 1 N–H and O–H groups in total. The molecule has 0 aromatic rings. The third kappa shape index (κ3) is 3.33. The number of imide groups is 1. The lowest BCUT2D eigenvalue weighted by Gasteiger charge is -2.11. The van der Waals surface area contributed by atoms with Gasteiger partial charge in [-0.05, 0) is 0 Å². The van der Waals surface area contributed by atoms with E-state index in [2.05, 4.69) is 0 Å². The van der Waals surface area contributed by atoms with Crippen molar-refractivity contribution in [2.75, 3.05) is 14.1 Å². The van der Waals surface area contributed by atoms with Gasteiger partial charge >= 0.3 is 6.03 Å². The smallest absolute Gasteiger partial charge is 0.322 e. The number of carbonyl (C=O) groups is 2. The van der Waals surface area contributed by atoms with Crippen LogP contribution in [0, 0.1) is 0 Å². The first-order chi connectivity index (χ1) is 4.04. The fourth-order valence-electron chi connectivity index (χ4n) is 0.199. The van der Waals surface area contributed by atoms with Crippen LogP contribution >= 0.6 is 0 Å². The summed E-state index contributed by atoms with van der Waals surface area (Å²) < 4.78 is 0. The summed E-state index contributed by atoms with van der Waals surface area (Å²) in [6.45, 7) is 0. The van der Waals surface area contributed by atoms with E-state index in [0.717, 1.165) is 4.90 Å². The van der Waals surface area contributed by atoms with Crippen molar-refractivity contribution in [3.8, 4) is 0 Å². The summed E-state index contributed by atoms with van der Waals surface area (Å²) in [5, 5.41) is 11.2. The van der Waals surface area contributed by atoms with Gasteiger partial charge in [-0.25, -0.2) is 4.79 Å². The summed E-state index contributed by atoms with van der Waals surface area (Å²) in [6, 6.07) is -0.699. The minimum atomic E-state index is -1.59. The number of nitrogens with one attached hydrogen (secondary N) is 1. The van der Waals surface area contributed by atoms with E-state index in [1.54, 1.807) is 0 Å². The fourth-order valence-corrected chi connectivity index (χ4v) is 0.199. The number of hydrogen-bond donors (Lipinski definition) is 1. The number of amides is 3. The number of rotatable bonds is 0. The van der Waals surface area contributed by atoms with E-state index < -0.39 is 12.1 Å². The molecular weight excluding hydrogens is 124 g/mol. The van der Waals surface area contributed by atoms with Crippen molar-refractivity contribution >= 4 is 12.1 Å². The predicted molar refractivity (Wildman–Crippen MR) is 27.6 cm³/mol. The molecule has 0 rings (SSSR count). The van der Waals surface area contributed by atoms with Crippen LogP contribution in [0.3, 0.4) is 0 Å². The second kappa shape index (κ2) is 2.91. The normalized spacial score (nSPS) is 8.22. The Labute approximate surface area is 52.3 Å². The van der Waals surface area contributed by atoms with Gasteiger partial charge in [-0.2, -0.15) is 0 Å². The molecule has 0 radical (unpaired) electrons. The summed E-state index contributed by atoms with van der Waals surface area (Å²) in [5.74, 6) is 0. The maximum absolute atomic E-state index is 10.3. The first kappa shape index (κ1) is 7.74. The highest BCUT2D eigenvalue weighted by molar-refractivity contribution is 5.88. The monoisotopic (exact) mass is 131 g/mol. The van der Waals surface area contributed by atoms with Crippen LogP contribution < -0.4 is 10.4 Å². The number of carboxylic acid groups (broad SMARTS) is 1. The maximum Gasteiger partial charge on any atom is 0.322 e. The molecule has 0 unspecified atom stereocenters. The molecule has 0 aliphatic rings. The topological polar surface area (TPSA) is 72.5 Å². The molecule has 0 aromatic heterocycles. The SMILES string of the molecule is CN(C)C(=O)NC(=O)[O-]. The molecule has 3 amide bonds. The van der Waals surface area contributed by atoms with Gasteiger partial charge in [-0.15, -0.1) is 0 Å². The van der Waals surface area contributed by atoms with Gasteiger partial charge in [-0.1, -0.05) is 0 Å². The highest BCUT2D eigenvalue weighted by atomic mass is 16.4. The van der Waals surface area contributed by atoms with Gasteiger partial charge in [0.25, 0.3) is 0 Å². The first-order valence-corrected chi connectivity index (χ1v) is 2.23. The summed E-state index contributed by atoms with van der Waals surface area (Å²) in [7, 11) is 2.86. The van der Waals surface area contributed by atoms with E-state index >= 15 is 0 Å². The molecule has 0 saturated carbocycles. The molecule has 0 bridgehead atoms. The Balaban J connectivity index is 3.64. The van der Waals surface area contributed by atoms with E-state index in [1.807, 2.05) is 0 Å². The molecule has 9 heavy (non-hydrogen) atoms. The molecular formula is C4H7N2O3-. The van der Waals surface area contributed by atoms with Gasteiger partial charge in [-0.3, -0.25) is 5.32 Å². The minimum absolute atomic E-state index is 0.699. The van der Waals surface area contributed by atoms with Crippen LogP contribution in [0.4, 0.5) is 9.59 Å². The zero-order valence-corrected chi connectivity index (χ0v) is 5.17. The lowest BCUT2D eigenvalue weighted by molar-refractivity contribution is -0.249. The van der Waals surface area contributed by atoms with E-state index in [9.17, 15) is 14.7 Å². The molecule has 0 heterocycles. The third-order valence-electron chi connectivity index (χ3n) is 0.615. The maximum atomic E-state index is 10.3. The Morgan fingerprint density at radius 3 is 2.00 bits per heavy atom. The van der Waals surface area contributed by atoms with Crippen LogP contribution in [0.15, 0.2) is 0 Å². The summed E-state index contributed by atoms with van der Waals surface area (Å²) >= 11 is 0. The van der Waals surface area contributed by atoms with Gasteiger partial charge in [0.1, 0.15) is 6.09 Å². The van der Waals surface area contributed by atoms with Gasteiger partial charge in [0.05, 0.1) is 0 Å². The zero-order valence-electron chi connectivity index (χ0n) is 5.17. The molecule has 0 saturated heterocycles. The zero-order chi connectivity index (χ0) is 7.44. The Morgan fingerprint density at radius 2 is 1.89 bits per heavy atom. The highest BCUT2D eigenvalue weighted by Crippen LogP contribution is 1.73. The Morgan fingerprint density at radius 1 is 1.44 bits per heavy atom. The van der Waals surface area contributed by atoms with Gasteiger partial charge in [0.2, 0.25) is 0 Å². The molecule has 0 aliphatic carbocycles. The second-order valence-corrected chi connectivity index (χ2v) is 1.61. The Bertz CT molecular complexity index is 132. The van der Waals surface area contributed by atoms with Crippen LogP contribution in [0.25, 0.3) is 0 Å². The van der Waals surface area contributed by atoms with E-state index in [0.29, 0.717) is 0 Å². The summed E-state index contributed by atoms with van der Waals surface area (Å²) in [4.78, 5) is 21.1. The van der Waals surface area contributed by atoms with Crippen molar-refractivity contribution in [2.24, 2.45) is 0 Å². The number of nitrogens with zero attached hydrogens (tertiary/aromatic N) is 1. The van der Waals surface area contributed by atoms with Crippen molar-refractivity contribution in [3.63, 3.8) is 0 Å². The van der Waals surface area contributed by atoms with Crippen molar-refractivity contribution in [2.45, 2.75) is 0 Å². The number of hydrogen-bond acceptors (Lipinski definition) is 3. The van der Waals surface area contributed by atoms with Crippen LogP contribution in [0.5, 0.6) is 0 Å². The summed E-state index contributed by atoms with van der Waals surface area (Å²) in [5.41, 5.74) is 0. The molecule has 0 aliphatic heterocycles. The van der Waals surface area contributed by atoms with E-state index in [4.69, 9.17) is 0 Å². The average molecular weight is 131 g/mol. The molecule has 0 atom stereocenters. The molecule has 0 fully saturated rings. The van der Waals surface area contributed by atoms with Crippen molar-refractivity contribution in [1.29, 1.82) is 0 Å². The van der Waals surface area contributed by atoms with Crippen LogP contribution in [0.1, 0.15) is 0 Å². The number of urea groups is 1. The predicted octanol–water partition coefficient (Wildman–Crippen LogP) is -1.40. The lowest BCUT2D eigenvalue weighted by atomic mass is 10.8. The second-order valence-electron chi connectivity index (χ2n) is 1.61. The fraction of sp³-hybridized carbons (Fsp3) is 0.500. The van der Waals surface area contributed by atoms with Crippen LogP contribution in [-0.4, -0.2) is 31.1 Å². The minimum Gasteiger partial charge on any atom is -0.530 e. The third-order valence-corrected chi connectivity index (χ3v) is 0.615. The standard InChI is InChI=1S/C4H8N2O3/c1-6(2)3(7)5-4(8)9/h1-2H3,(H,5,7)(H,8,9)/p-1. The quantitative estimate of drug-likeness (QED) is 0.439. The van der Waals surface area contributed by atoms with Crippen LogP contribution in [-0.2, 0) is 0 Å². The number of carbonyl (C=O) groups excluding carboxylic acids is 2. The van der Waals surface area contributed by atoms with E-state index in [1.165, 1.54) is 19.4 Å². The van der Waals surface area contributed by atoms with Gasteiger partial charge in [0, 0.05) is 14.1 Å². The molecule has 5 nitrogen and oxygen atoms in total. The van der Waals surface area contributed by atoms with Gasteiger partial charge in [0.15, 0.2) is 0 Å². The molecule has 0 aromatic carbocycles.